The Morgan fingerprint density at radius 2 is 1.80 bits per heavy atom. The van der Waals surface area contributed by atoms with Gasteiger partial charge in [-0.25, -0.2) is 4.98 Å². The van der Waals surface area contributed by atoms with Crippen LogP contribution in [0.3, 0.4) is 0 Å². The van der Waals surface area contributed by atoms with Crippen LogP contribution >= 0.6 is 11.5 Å². The third-order valence-electron chi connectivity index (χ3n) is 4.08. The van der Waals surface area contributed by atoms with Gasteiger partial charge in [0.1, 0.15) is 5.69 Å². The summed E-state index contributed by atoms with van der Waals surface area (Å²) in [5, 5.41) is 0.617. The molecule has 5 nitrogen and oxygen atoms in total. The van der Waals surface area contributed by atoms with Gasteiger partial charge in [-0.15, -0.1) is 0 Å². The predicted molar refractivity (Wildman–Crippen MR) is 102 cm³/mol. The van der Waals surface area contributed by atoms with E-state index in [4.69, 9.17) is 0 Å². The van der Waals surface area contributed by atoms with Crippen LogP contribution < -0.4 is 11.1 Å². The van der Waals surface area contributed by atoms with Gasteiger partial charge < -0.3 is 4.98 Å². The molecule has 0 atom stereocenters. The van der Waals surface area contributed by atoms with E-state index in [1.54, 1.807) is 16.1 Å². The van der Waals surface area contributed by atoms with Gasteiger partial charge in [-0.05, 0) is 39.0 Å². The molecule has 0 saturated heterocycles. The molecule has 0 saturated carbocycles. The van der Waals surface area contributed by atoms with E-state index in [2.05, 4.69) is 9.97 Å². The molecule has 4 rings (SSSR count). The van der Waals surface area contributed by atoms with Crippen LogP contribution in [0.5, 0.6) is 0 Å². The molecule has 0 fully saturated rings. The average molecular weight is 351 g/mol. The van der Waals surface area contributed by atoms with E-state index < -0.39 is 0 Å². The number of aromatic nitrogens is 3. The van der Waals surface area contributed by atoms with Crippen molar-refractivity contribution in [2.75, 3.05) is 0 Å². The Morgan fingerprint density at radius 3 is 2.56 bits per heavy atom. The second-order valence-corrected chi connectivity index (χ2v) is 7.93. The molecule has 0 bridgehead atoms. The lowest BCUT2D eigenvalue weighted by molar-refractivity contribution is 0.420. The van der Waals surface area contributed by atoms with Gasteiger partial charge in [-0.2, -0.15) is 0 Å². The first-order valence-corrected chi connectivity index (χ1v) is 8.78. The first kappa shape index (κ1) is 15.8. The zero-order valence-corrected chi connectivity index (χ0v) is 15.0. The molecule has 2 aromatic heterocycles. The van der Waals surface area contributed by atoms with E-state index in [-0.39, 0.29) is 16.7 Å². The SMILES string of the molecule is CC(C)(C)n1sc2c(-c3nc4ccccc4[nH]c3=O)cccc2c1=O. The Kier molecular flexibility index (Phi) is 3.40. The first-order chi connectivity index (χ1) is 11.9. The van der Waals surface area contributed by atoms with Gasteiger partial charge in [0.05, 0.1) is 26.7 Å². The van der Waals surface area contributed by atoms with Crippen LogP contribution in [-0.2, 0) is 5.54 Å². The summed E-state index contributed by atoms with van der Waals surface area (Å²) in [6.45, 7) is 5.97. The fourth-order valence-corrected chi connectivity index (χ4v) is 4.04. The normalized spacial score (nSPS) is 12.1. The zero-order valence-electron chi connectivity index (χ0n) is 14.2. The van der Waals surface area contributed by atoms with Crippen molar-refractivity contribution in [1.29, 1.82) is 0 Å². The summed E-state index contributed by atoms with van der Waals surface area (Å²) in [5.74, 6) is 0. The van der Waals surface area contributed by atoms with Crippen LogP contribution in [0.15, 0.2) is 52.1 Å². The number of benzene rings is 2. The molecule has 1 N–H and O–H groups in total. The van der Waals surface area contributed by atoms with Crippen LogP contribution in [0.4, 0.5) is 0 Å². The number of aromatic amines is 1. The summed E-state index contributed by atoms with van der Waals surface area (Å²) < 4.78 is 2.53. The molecule has 0 amide bonds. The monoisotopic (exact) mass is 351 g/mol. The summed E-state index contributed by atoms with van der Waals surface area (Å²) in [4.78, 5) is 32.7. The Bertz CT molecular complexity index is 1230. The molecule has 0 aliphatic rings. The van der Waals surface area contributed by atoms with Crippen LogP contribution in [0.25, 0.3) is 32.4 Å². The van der Waals surface area contributed by atoms with Crippen molar-refractivity contribution in [3.63, 3.8) is 0 Å². The number of rotatable bonds is 1. The highest BCUT2D eigenvalue weighted by molar-refractivity contribution is 7.14. The number of hydrogen-bond donors (Lipinski definition) is 1. The zero-order chi connectivity index (χ0) is 17.8. The van der Waals surface area contributed by atoms with Crippen molar-refractivity contribution in [3.8, 4) is 11.3 Å². The van der Waals surface area contributed by atoms with Crippen LogP contribution in [0.2, 0.25) is 0 Å². The highest BCUT2D eigenvalue weighted by Gasteiger charge is 2.21. The lowest BCUT2D eigenvalue weighted by Crippen LogP contribution is -2.29. The molecule has 0 aliphatic heterocycles. The molecule has 2 heterocycles. The van der Waals surface area contributed by atoms with Crippen molar-refractivity contribution in [2.45, 2.75) is 26.3 Å². The Balaban J connectivity index is 2.07. The average Bonchev–Trinajstić information content (AvgIpc) is 2.92. The quantitative estimate of drug-likeness (QED) is 0.568. The van der Waals surface area contributed by atoms with Gasteiger partial charge >= 0.3 is 0 Å². The molecular weight excluding hydrogens is 334 g/mol. The minimum atomic E-state index is -0.318. The summed E-state index contributed by atoms with van der Waals surface area (Å²) in [7, 11) is 0. The van der Waals surface area contributed by atoms with Crippen molar-refractivity contribution in [2.24, 2.45) is 0 Å². The highest BCUT2D eigenvalue weighted by Crippen LogP contribution is 2.30. The Hall–Kier alpha value is -2.73. The number of nitrogens with zero attached hydrogens (tertiary/aromatic N) is 2. The molecule has 0 unspecified atom stereocenters. The van der Waals surface area contributed by atoms with E-state index >= 15 is 0 Å². The molecule has 0 aliphatic carbocycles. The predicted octanol–water partition coefficient (Wildman–Crippen LogP) is 3.72. The third-order valence-corrected chi connectivity index (χ3v) is 5.59. The largest absolute Gasteiger partial charge is 0.319 e. The van der Waals surface area contributed by atoms with Crippen LogP contribution in [-0.4, -0.2) is 13.9 Å². The molecule has 4 aromatic rings. The van der Waals surface area contributed by atoms with Crippen molar-refractivity contribution >= 4 is 32.7 Å². The number of para-hydroxylation sites is 2. The van der Waals surface area contributed by atoms with Gasteiger partial charge in [0.25, 0.3) is 11.1 Å². The van der Waals surface area contributed by atoms with Gasteiger partial charge in [-0.3, -0.25) is 13.5 Å². The second-order valence-electron chi connectivity index (χ2n) is 6.98. The van der Waals surface area contributed by atoms with Gasteiger partial charge in [0, 0.05) is 5.56 Å². The maximum absolute atomic E-state index is 12.7. The standard InChI is InChI=1S/C19H17N3O2S/c1-19(2,3)22-18(24)12-8-6-7-11(16(12)25-22)15-17(23)21-14-10-5-4-9-13(14)20-15/h4-10H,1-3H3,(H,21,23). The molecule has 25 heavy (non-hydrogen) atoms. The fourth-order valence-electron chi connectivity index (χ4n) is 2.89. The van der Waals surface area contributed by atoms with Gasteiger partial charge in [0.15, 0.2) is 0 Å². The molecule has 0 spiro atoms. The van der Waals surface area contributed by atoms with Gasteiger partial charge in [-0.1, -0.05) is 35.8 Å². The van der Waals surface area contributed by atoms with Gasteiger partial charge in [0.2, 0.25) is 0 Å². The summed E-state index contributed by atoms with van der Waals surface area (Å²) >= 11 is 1.38. The third kappa shape index (κ3) is 2.49. The minimum absolute atomic E-state index is 0.0356. The minimum Gasteiger partial charge on any atom is -0.319 e. The maximum Gasteiger partial charge on any atom is 0.275 e. The maximum atomic E-state index is 12.7. The summed E-state index contributed by atoms with van der Waals surface area (Å²) in [6, 6.07) is 12.9. The van der Waals surface area contributed by atoms with Crippen LogP contribution in [0, 0.1) is 0 Å². The van der Waals surface area contributed by atoms with Crippen LogP contribution in [0.1, 0.15) is 20.8 Å². The highest BCUT2D eigenvalue weighted by atomic mass is 32.1. The lowest BCUT2D eigenvalue weighted by atomic mass is 10.1. The van der Waals surface area contributed by atoms with E-state index in [0.29, 0.717) is 22.2 Å². The molecule has 126 valence electrons. The first-order valence-electron chi connectivity index (χ1n) is 8.01. The Labute approximate surface area is 147 Å². The topological polar surface area (TPSA) is 67.8 Å². The van der Waals surface area contributed by atoms with E-state index in [1.807, 2.05) is 51.1 Å². The Morgan fingerprint density at radius 1 is 1.04 bits per heavy atom. The molecule has 0 radical (unpaired) electrons. The smallest absolute Gasteiger partial charge is 0.275 e. The van der Waals surface area contributed by atoms with Crippen molar-refractivity contribution < 1.29 is 0 Å². The fraction of sp³-hybridized carbons (Fsp3) is 0.211. The van der Waals surface area contributed by atoms with E-state index in [1.165, 1.54) is 11.5 Å². The van der Waals surface area contributed by atoms with Crippen molar-refractivity contribution in [1.82, 2.24) is 13.9 Å². The van der Waals surface area contributed by atoms with E-state index in [9.17, 15) is 9.59 Å². The summed E-state index contributed by atoms with van der Waals surface area (Å²) in [6.07, 6.45) is 0. The second kappa shape index (κ2) is 5.39. The lowest BCUT2D eigenvalue weighted by Gasteiger charge is -2.18. The number of hydrogen-bond acceptors (Lipinski definition) is 4. The number of fused-ring (bicyclic) bond motifs is 2. The summed E-state index contributed by atoms with van der Waals surface area (Å²) in [5.41, 5.74) is 1.84. The number of nitrogens with one attached hydrogen (secondary N) is 1. The molecule has 6 heteroatoms. The van der Waals surface area contributed by atoms with Crippen molar-refractivity contribution in [3.05, 3.63) is 63.2 Å². The van der Waals surface area contributed by atoms with E-state index in [0.717, 1.165) is 10.2 Å². The molecule has 2 aromatic carbocycles. The molecular formula is C19H17N3O2S. The number of H-pyrrole nitrogens is 1.